The molecule has 160 valence electrons. The van der Waals surface area contributed by atoms with Gasteiger partial charge in [-0.3, -0.25) is 0 Å². The van der Waals surface area contributed by atoms with Gasteiger partial charge in [0.2, 0.25) is 0 Å². The maximum Gasteiger partial charge on any atom is 0.161 e. The molecule has 0 aliphatic heterocycles. The summed E-state index contributed by atoms with van der Waals surface area (Å²) in [7, 11) is 5.04. The fourth-order valence-electron chi connectivity index (χ4n) is 3.78. The van der Waals surface area contributed by atoms with Gasteiger partial charge in [-0.2, -0.15) is 0 Å². The summed E-state index contributed by atoms with van der Waals surface area (Å²) in [4.78, 5) is 4.79. The highest BCUT2D eigenvalue weighted by molar-refractivity contribution is 5.66. The number of para-hydroxylation sites is 1. The standard InChI is InChI=1S/C25H32N2O3/c1-5-6-7-11-21-25(20-13-14-23(29-3)24(17-20)30-4)26-18-27(21)16-15-19-10-8-9-12-22(19)28-2/h8-10,12-14,17-18H,5-7,11,15-16H2,1-4H3. The van der Waals surface area contributed by atoms with E-state index in [2.05, 4.69) is 29.7 Å². The Labute approximate surface area is 179 Å². The van der Waals surface area contributed by atoms with Crippen LogP contribution >= 0.6 is 0 Å². The summed E-state index contributed by atoms with van der Waals surface area (Å²) in [5, 5.41) is 0. The van der Waals surface area contributed by atoms with Crippen LogP contribution in [0.25, 0.3) is 11.3 Å². The Balaban J connectivity index is 1.90. The third-order valence-electron chi connectivity index (χ3n) is 5.43. The Bertz CT molecular complexity index is 949. The van der Waals surface area contributed by atoms with Crippen molar-refractivity contribution in [1.82, 2.24) is 9.55 Å². The summed E-state index contributed by atoms with van der Waals surface area (Å²) < 4.78 is 18.7. The minimum Gasteiger partial charge on any atom is -0.496 e. The van der Waals surface area contributed by atoms with Gasteiger partial charge in [0.25, 0.3) is 0 Å². The van der Waals surface area contributed by atoms with Crippen molar-refractivity contribution in [2.75, 3.05) is 21.3 Å². The average molecular weight is 409 g/mol. The van der Waals surface area contributed by atoms with Crippen LogP contribution in [0.5, 0.6) is 17.2 Å². The van der Waals surface area contributed by atoms with Crippen molar-refractivity contribution >= 4 is 0 Å². The van der Waals surface area contributed by atoms with Crippen molar-refractivity contribution in [2.24, 2.45) is 0 Å². The van der Waals surface area contributed by atoms with E-state index in [9.17, 15) is 0 Å². The molecular weight excluding hydrogens is 376 g/mol. The van der Waals surface area contributed by atoms with Crippen LogP contribution in [0, 0.1) is 0 Å². The molecule has 0 saturated carbocycles. The van der Waals surface area contributed by atoms with Gasteiger partial charge in [-0.1, -0.05) is 38.0 Å². The monoisotopic (exact) mass is 408 g/mol. The predicted octanol–water partition coefficient (Wildman–Crippen LogP) is 5.55. The molecule has 0 atom stereocenters. The molecule has 30 heavy (non-hydrogen) atoms. The minimum atomic E-state index is 0.720. The summed E-state index contributed by atoms with van der Waals surface area (Å²) in [6.07, 6.45) is 7.42. The van der Waals surface area contributed by atoms with Gasteiger partial charge in [-0.15, -0.1) is 0 Å². The molecule has 0 aliphatic carbocycles. The molecule has 0 bridgehead atoms. The largest absolute Gasteiger partial charge is 0.496 e. The highest BCUT2D eigenvalue weighted by Crippen LogP contribution is 2.33. The molecule has 0 saturated heterocycles. The number of unbranched alkanes of at least 4 members (excludes halogenated alkanes) is 2. The molecule has 0 spiro atoms. The molecule has 0 fully saturated rings. The predicted molar refractivity (Wildman–Crippen MR) is 121 cm³/mol. The quantitative estimate of drug-likeness (QED) is 0.390. The SMILES string of the molecule is CCCCCc1c(-c2ccc(OC)c(OC)c2)ncn1CCc1ccccc1OC. The van der Waals surface area contributed by atoms with Gasteiger partial charge in [0.1, 0.15) is 5.75 Å². The van der Waals surface area contributed by atoms with E-state index in [1.807, 2.05) is 30.6 Å². The Morgan fingerprint density at radius 2 is 1.60 bits per heavy atom. The number of aromatic nitrogens is 2. The number of imidazole rings is 1. The molecule has 1 aromatic heterocycles. The number of aryl methyl sites for hydroxylation is 2. The van der Waals surface area contributed by atoms with E-state index in [-0.39, 0.29) is 0 Å². The van der Waals surface area contributed by atoms with Gasteiger partial charge in [0.15, 0.2) is 11.5 Å². The van der Waals surface area contributed by atoms with Gasteiger partial charge in [0.05, 0.1) is 33.4 Å². The number of methoxy groups -OCH3 is 3. The molecule has 2 aromatic carbocycles. The lowest BCUT2D eigenvalue weighted by molar-refractivity contribution is 0.355. The molecule has 0 unspecified atom stereocenters. The van der Waals surface area contributed by atoms with Crippen LogP contribution in [0.4, 0.5) is 0 Å². The lowest BCUT2D eigenvalue weighted by Gasteiger charge is -2.13. The van der Waals surface area contributed by atoms with E-state index in [4.69, 9.17) is 19.2 Å². The van der Waals surface area contributed by atoms with E-state index in [1.165, 1.54) is 24.1 Å². The van der Waals surface area contributed by atoms with E-state index >= 15 is 0 Å². The molecule has 0 amide bonds. The van der Waals surface area contributed by atoms with Crippen molar-refractivity contribution in [2.45, 2.75) is 45.6 Å². The topological polar surface area (TPSA) is 45.5 Å². The number of rotatable bonds is 11. The Kier molecular flexibility index (Phi) is 7.77. The zero-order valence-electron chi connectivity index (χ0n) is 18.5. The second-order valence-electron chi connectivity index (χ2n) is 7.32. The summed E-state index contributed by atoms with van der Waals surface area (Å²) >= 11 is 0. The molecule has 0 radical (unpaired) electrons. The number of ether oxygens (including phenoxy) is 3. The summed E-state index contributed by atoms with van der Waals surface area (Å²) in [5.41, 5.74) is 4.55. The highest BCUT2D eigenvalue weighted by atomic mass is 16.5. The van der Waals surface area contributed by atoms with Crippen LogP contribution in [-0.4, -0.2) is 30.9 Å². The van der Waals surface area contributed by atoms with Crippen LogP contribution in [-0.2, 0) is 19.4 Å². The third kappa shape index (κ3) is 4.96. The van der Waals surface area contributed by atoms with Gasteiger partial charge >= 0.3 is 0 Å². The zero-order valence-corrected chi connectivity index (χ0v) is 18.5. The smallest absolute Gasteiger partial charge is 0.161 e. The van der Waals surface area contributed by atoms with Crippen molar-refractivity contribution in [1.29, 1.82) is 0 Å². The average Bonchev–Trinajstić information content (AvgIpc) is 3.20. The van der Waals surface area contributed by atoms with Gasteiger partial charge in [0, 0.05) is 17.8 Å². The summed E-state index contributed by atoms with van der Waals surface area (Å²) in [6, 6.07) is 14.2. The Morgan fingerprint density at radius 3 is 2.33 bits per heavy atom. The van der Waals surface area contributed by atoms with Crippen molar-refractivity contribution < 1.29 is 14.2 Å². The number of benzene rings is 2. The first-order chi connectivity index (χ1) is 14.7. The molecule has 0 aliphatic rings. The second kappa shape index (κ2) is 10.7. The number of nitrogens with zero attached hydrogens (tertiary/aromatic N) is 2. The lowest BCUT2D eigenvalue weighted by atomic mass is 10.0. The maximum absolute atomic E-state index is 5.51. The first kappa shape index (κ1) is 21.8. The normalized spacial score (nSPS) is 10.8. The second-order valence-corrected chi connectivity index (χ2v) is 7.32. The molecule has 1 heterocycles. The van der Waals surface area contributed by atoms with Gasteiger partial charge < -0.3 is 18.8 Å². The Hall–Kier alpha value is -2.95. The lowest BCUT2D eigenvalue weighted by Crippen LogP contribution is -2.06. The van der Waals surface area contributed by atoms with E-state index in [1.54, 1.807) is 21.3 Å². The Morgan fingerprint density at radius 1 is 0.833 bits per heavy atom. The van der Waals surface area contributed by atoms with Crippen molar-refractivity contribution in [3.63, 3.8) is 0 Å². The van der Waals surface area contributed by atoms with Crippen LogP contribution in [0.1, 0.15) is 37.4 Å². The third-order valence-corrected chi connectivity index (χ3v) is 5.43. The zero-order chi connectivity index (χ0) is 21.3. The van der Waals surface area contributed by atoms with Crippen molar-refractivity contribution in [3.05, 3.63) is 60.0 Å². The molecule has 0 N–H and O–H groups in total. The molecule has 5 nitrogen and oxygen atoms in total. The summed E-state index contributed by atoms with van der Waals surface area (Å²) in [5.74, 6) is 2.38. The fraction of sp³-hybridized carbons (Fsp3) is 0.400. The molecular formula is C25H32N2O3. The van der Waals surface area contributed by atoms with Gasteiger partial charge in [-0.05, 0) is 49.1 Å². The van der Waals surface area contributed by atoms with Crippen LogP contribution < -0.4 is 14.2 Å². The molecule has 3 rings (SSSR count). The van der Waals surface area contributed by atoms with Crippen LogP contribution in [0.15, 0.2) is 48.8 Å². The first-order valence-corrected chi connectivity index (χ1v) is 10.6. The minimum absolute atomic E-state index is 0.720. The number of hydrogen-bond acceptors (Lipinski definition) is 4. The van der Waals surface area contributed by atoms with Crippen LogP contribution in [0.2, 0.25) is 0 Å². The fourth-order valence-corrected chi connectivity index (χ4v) is 3.78. The molecule has 3 aromatic rings. The summed E-state index contributed by atoms with van der Waals surface area (Å²) in [6.45, 7) is 3.09. The first-order valence-electron chi connectivity index (χ1n) is 10.6. The maximum atomic E-state index is 5.51. The van der Waals surface area contributed by atoms with Crippen LogP contribution in [0.3, 0.4) is 0 Å². The van der Waals surface area contributed by atoms with E-state index in [0.29, 0.717) is 0 Å². The van der Waals surface area contributed by atoms with Gasteiger partial charge in [-0.25, -0.2) is 4.98 Å². The van der Waals surface area contributed by atoms with E-state index < -0.39 is 0 Å². The highest BCUT2D eigenvalue weighted by Gasteiger charge is 2.15. The molecule has 5 heteroatoms. The van der Waals surface area contributed by atoms with E-state index in [0.717, 1.165) is 54.3 Å². The van der Waals surface area contributed by atoms with Crippen molar-refractivity contribution in [3.8, 4) is 28.5 Å². The number of hydrogen-bond donors (Lipinski definition) is 0.